The average Bonchev–Trinajstić information content (AvgIpc) is 2.23. The van der Waals surface area contributed by atoms with Gasteiger partial charge in [0.05, 0.1) is 5.52 Å². The second-order valence-corrected chi connectivity index (χ2v) is 3.09. The number of benzene rings is 1. The molecule has 0 aliphatic rings. The molecule has 1 aromatic heterocycles. The van der Waals surface area contributed by atoms with Gasteiger partial charge in [-0.15, -0.1) is 0 Å². The summed E-state index contributed by atoms with van der Waals surface area (Å²) in [5.74, 6) is 0. The summed E-state index contributed by atoms with van der Waals surface area (Å²) in [6.07, 6.45) is 0. The lowest BCUT2D eigenvalue weighted by Gasteiger charge is -2.04. The number of hydrogen-bond donors (Lipinski definition) is 0. The average molecular weight is 184 g/mol. The maximum absolute atomic E-state index is 11.6. The molecule has 14 heavy (non-hydrogen) atoms. The van der Waals surface area contributed by atoms with E-state index in [1.165, 1.54) is 4.57 Å². The van der Waals surface area contributed by atoms with Gasteiger partial charge in [-0.05, 0) is 17.5 Å². The van der Waals surface area contributed by atoms with Crippen LogP contribution in [-0.2, 0) is 7.05 Å². The van der Waals surface area contributed by atoms with E-state index in [2.05, 4.69) is 0 Å². The Morgan fingerprint density at radius 3 is 2.79 bits per heavy atom. The van der Waals surface area contributed by atoms with Crippen LogP contribution in [0.3, 0.4) is 0 Å². The number of pyridine rings is 1. The van der Waals surface area contributed by atoms with E-state index in [4.69, 9.17) is 5.26 Å². The van der Waals surface area contributed by atoms with Crippen molar-refractivity contribution >= 4 is 10.9 Å². The monoisotopic (exact) mass is 184 g/mol. The summed E-state index contributed by atoms with van der Waals surface area (Å²) >= 11 is 0. The number of hydrogen-bond acceptors (Lipinski definition) is 2. The smallest absolute Gasteiger partial charge is 0.268 e. The third-order valence-electron chi connectivity index (χ3n) is 2.25. The molecule has 2 rings (SSSR count). The van der Waals surface area contributed by atoms with Gasteiger partial charge in [-0.25, -0.2) is 0 Å². The first kappa shape index (κ1) is 8.52. The molecule has 0 aliphatic heterocycles. The van der Waals surface area contributed by atoms with Crippen molar-refractivity contribution in [2.75, 3.05) is 0 Å². The quantitative estimate of drug-likeness (QED) is 0.621. The number of aryl methyl sites for hydroxylation is 1. The molecular weight excluding hydrogens is 176 g/mol. The van der Waals surface area contributed by atoms with Crippen molar-refractivity contribution in [2.45, 2.75) is 0 Å². The Bertz CT molecular complexity index is 590. The molecule has 0 amide bonds. The highest BCUT2D eigenvalue weighted by molar-refractivity contribution is 5.80. The van der Waals surface area contributed by atoms with Gasteiger partial charge in [0.2, 0.25) is 0 Å². The first-order chi connectivity index (χ1) is 6.74. The molecule has 0 bridgehead atoms. The molecule has 0 unspecified atom stereocenters. The van der Waals surface area contributed by atoms with Gasteiger partial charge in [0.15, 0.2) is 0 Å². The van der Waals surface area contributed by atoms with Gasteiger partial charge in [-0.3, -0.25) is 4.79 Å². The molecule has 0 fully saturated rings. The minimum Gasteiger partial charge on any atom is -0.310 e. The molecule has 68 valence electrons. The summed E-state index contributed by atoms with van der Waals surface area (Å²) in [4.78, 5) is 11.6. The summed E-state index contributed by atoms with van der Waals surface area (Å²) in [7, 11) is 1.67. The number of nitriles is 1. The van der Waals surface area contributed by atoms with E-state index < -0.39 is 0 Å². The highest BCUT2D eigenvalue weighted by atomic mass is 16.1. The van der Waals surface area contributed by atoms with Crippen LogP contribution in [0.15, 0.2) is 35.1 Å². The Hall–Kier alpha value is -2.08. The molecule has 0 radical (unpaired) electrons. The SMILES string of the molecule is Cn1c(=O)c(C#N)cc2ccccc21. The van der Waals surface area contributed by atoms with Gasteiger partial charge >= 0.3 is 0 Å². The van der Waals surface area contributed by atoms with Gasteiger partial charge in [0, 0.05) is 7.05 Å². The number of fused-ring (bicyclic) bond motifs is 1. The lowest BCUT2D eigenvalue weighted by Crippen LogP contribution is -2.19. The first-order valence-electron chi connectivity index (χ1n) is 4.23. The summed E-state index contributed by atoms with van der Waals surface area (Å²) in [6.45, 7) is 0. The number of rotatable bonds is 0. The van der Waals surface area contributed by atoms with Crippen LogP contribution in [0.2, 0.25) is 0 Å². The van der Waals surface area contributed by atoms with Gasteiger partial charge < -0.3 is 4.57 Å². The van der Waals surface area contributed by atoms with E-state index >= 15 is 0 Å². The van der Waals surface area contributed by atoms with E-state index in [0.29, 0.717) is 0 Å². The Morgan fingerprint density at radius 2 is 2.07 bits per heavy atom. The van der Waals surface area contributed by atoms with Crippen molar-refractivity contribution in [3.63, 3.8) is 0 Å². The second-order valence-electron chi connectivity index (χ2n) is 3.09. The highest BCUT2D eigenvalue weighted by Crippen LogP contribution is 2.11. The van der Waals surface area contributed by atoms with Crippen LogP contribution in [0.25, 0.3) is 10.9 Å². The normalized spacial score (nSPS) is 10.0. The Labute approximate surface area is 80.8 Å². The van der Waals surface area contributed by atoms with Crippen LogP contribution >= 0.6 is 0 Å². The molecule has 1 heterocycles. The molecule has 0 saturated heterocycles. The Morgan fingerprint density at radius 1 is 1.36 bits per heavy atom. The van der Waals surface area contributed by atoms with Crippen molar-refractivity contribution in [3.05, 3.63) is 46.2 Å². The Balaban J connectivity index is 3.01. The largest absolute Gasteiger partial charge is 0.310 e. The molecule has 0 spiro atoms. The molecule has 1 aromatic carbocycles. The molecule has 0 saturated carbocycles. The summed E-state index contributed by atoms with van der Waals surface area (Å²) < 4.78 is 1.49. The topological polar surface area (TPSA) is 45.8 Å². The molecular formula is C11H8N2O. The predicted molar refractivity (Wildman–Crippen MR) is 53.9 cm³/mol. The van der Waals surface area contributed by atoms with E-state index in [0.717, 1.165) is 10.9 Å². The third kappa shape index (κ3) is 1.09. The highest BCUT2D eigenvalue weighted by Gasteiger charge is 2.04. The van der Waals surface area contributed by atoms with Crippen molar-refractivity contribution in [1.82, 2.24) is 4.57 Å². The van der Waals surface area contributed by atoms with Crippen LogP contribution in [0, 0.1) is 11.3 Å². The number of nitrogens with zero attached hydrogens (tertiary/aromatic N) is 2. The van der Waals surface area contributed by atoms with E-state index in [-0.39, 0.29) is 11.1 Å². The summed E-state index contributed by atoms with van der Waals surface area (Å²) in [6, 6.07) is 11.0. The minimum atomic E-state index is -0.244. The van der Waals surface area contributed by atoms with E-state index in [9.17, 15) is 4.79 Å². The zero-order valence-corrected chi connectivity index (χ0v) is 7.69. The van der Waals surface area contributed by atoms with Crippen molar-refractivity contribution < 1.29 is 0 Å². The van der Waals surface area contributed by atoms with E-state index in [1.54, 1.807) is 13.1 Å². The van der Waals surface area contributed by atoms with Gasteiger partial charge in [-0.1, -0.05) is 18.2 Å². The zero-order chi connectivity index (χ0) is 10.1. The summed E-state index contributed by atoms with van der Waals surface area (Å²) in [5.41, 5.74) is 0.786. The summed E-state index contributed by atoms with van der Waals surface area (Å²) in [5, 5.41) is 9.65. The van der Waals surface area contributed by atoms with Gasteiger partial charge in [-0.2, -0.15) is 5.26 Å². The first-order valence-corrected chi connectivity index (χ1v) is 4.23. The van der Waals surface area contributed by atoms with Crippen LogP contribution in [-0.4, -0.2) is 4.57 Å². The lowest BCUT2D eigenvalue weighted by molar-refractivity contribution is 0.901. The predicted octanol–water partition coefficient (Wildman–Crippen LogP) is 1.41. The molecule has 3 nitrogen and oxygen atoms in total. The fourth-order valence-corrected chi connectivity index (χ4v) is 1.50. The van der Waals surface area contributed by atoms with Crippen molar-refractivity contribution in [1.29, 1.82) is 5.26 Å². The van der Waals surface area contributed by atoms with Crippen LogP contribution in [0.4, 0.5) is 0 Å². The van der Waals surface area contributed by atoms with Crippen molar-refractivity contribution in [3.8, 4) is 6.07 Å². The standard InChI is InChI=1S/C11H8N2O/c1-13-10-5-3-2-4-8(10)6-9(7-12)11(13)14/h2-6H,1H3. The van der Waals surface area contributed by atoms with Crippen LogP contribution in [0.5, 0.6) is 0 Å². The fourth-order valence-electron chi connectivity index (χ4n) is 1.50. The fraction of sp³-hybridized carbons (Fsp3) is 0.0909. The van der Waals surface area contributed by atoms with E-state index in [1.807, 2.05) is 30.3 Å². The molecule has 0 N–H and O–H groups in total. The molecule has 3 heteroatoms. The lowest BCUT2D eigenvalue weighted by atomic mass is 10.1. The maximum Gasteiger partial charge on any atom is 0.268 e. The molecule has 2 aromatic rings. The number of aromatic nitrogens is 1. The van der Waals surface area contributed by atoms with Gasteiger partial charge in [0.25, 0.3) is 5.56 Å². The maximum atomic E-state index is 11.6. The second kappa shape index (κ2) is 3.00. The Kier molecular flexibility index (Phi) is 1.83. The molecule has 0 atom stereocenters. The minimum absolute atomic E-state index is 0.186. The van der Waals surface area contributed by atoms with Crippen LogP contribution < -0.4 is 5.56 Å². The third-order valence-corrected chi connectivity index (χ3v) is 2.25. The number of para-hydroxylation sites is 1. The zero-order valence-electron chi connectivity index (χ0n) is 7.69. The molecule has 0 aliphatic carbocycles. The van der Waals surface area contributed by atoms with Crippen LogP contribution in [0.1, 0.15) is 5.56 Å². The van der Waals surface area contributed by atoms with Crippen molar-refractivity contribution in [2.24, 2.45) is 7.05 Å². The van der Waals surface area contributed by atoms with Gasteiger partial charge in [0.1, 0.15) is 11.6 Å².